The first kappa shape index (κ1) is 23.2. The van der Waals surface area contributed by atoms with Gasteiger partial charge in [-0.3, -0.25) is 9.59 Å². The van der Waals surface area contributed by atoms with Crippen molar-refractivity contribution in [3.63, 3.8) is 0 Å². The smallest absolute Gasteiger partial charge is 0.449 e. The highest BCUT2D eigenvalue weighted by Crippen LogP contribution is 2.32. The summed E-state index contributed by atoms with van der Waals surface area (Å²) in [5.74, 6) is -5.27. The SMILES string of the molecule is C=C(C)C(=O)OC(CC)C(=O)N(C(=O)C(F)(F)F)c1ccc(C(F)(F)F)cc1. The quantitative estimate of drug-likeness (QED) is 0.417. The van der Waals surface area contributed by atoms with Gasteiger partial charge in [0, 0.05) is 5.57 Å². The molecule has 0 N–H and O–H groups in total. The lowest BCUT2D eigenvalue weighted by Gasteiger charge is -2.26. The van der Waals surface area contributed by atoms with Crippen molar-refractivity contribution in [2.75, 3.05) is 4.90 Å². The summed E-state index contributed by atoms with van der Waals surface area (Å²) in [5.41, 5.74) is -2.09. The molecule has 0 aromatic heterocycles. The predicted molar refractivity (Wildman–Crippen MR) is 85.0 cm³/mol. The van der Waals surface area contributed by atoms with Gasteiger partial charge in [0.05, 0.1) is 11.3 Å². The number of carbonyl (C=O) groups is 3. The third-order valence-electron chi connectivity index (χ3n) is 3.36. The minimum absolute atomic E-state index is 0.144. The maximum Gasteiger partial charge on any atom is 0.472 e. The first-order chi connectivity index (χ1) is 12.7. The van der Waals surface area contributed by atoms with E-state index < -0.39 is 47.5 Å². The standard InChI is InChI=1S/C17H15F6NO4/c1-4-12(28-14(26)9(2)3)13(25)24(15(27)17(21,22)23)11-7-5-10(6-8-11)16(18,19)20/h5-8,12H,2,4H2,1,3H3. The molecule has 0 aliphatic heterocycles. The lowest BCUT2D eigenvalue weighted by molar-refractivity contribution is -0.172. The second kappa shape index (κ2) is 8.44. The fraction of sp³-hybridized carbons (Fsp3) is 0.353. The molecule has 28 heavy (non-hydrogen) atoms. The van der Waals surface area contributed by atoms with E-state index in [1.165, 1.54) is 13.8 Å². The third kappa shape index (κ3) is 5.57. The number of hydrogen-bond acceptors (Lipinski definition) is 4. The molecule has 0 saturated carbocycles. The van der Waals surface area contributed by atoms with Crippen LogP contribution in [0.4, 0.5) is 32.0 Å². The number of rotatable bonds is 5. The van der Waals surface area contributed by atoms with Crippen LogP contribution in [0.25, 0.3) is 0 Å². The molecule has 0 aliphatic carbocycles. The Hall–Kier alpha value is -2.85. The van der Waals surface area contributed by atoms with E-state index in [2.05, 4.69) is 6.58 Å². The first-order valence-corrected chi connectivity index (χ1v) is 7.69. The molecular formula is C17H15F6NO4. The highest BCUT2D eigenvalue weighted by atomic mass is 19.4. The van der Waals surface area contributed by atoms with Gasteiger partial charge in [-0.05, 0) is 37.6 Å². The van der Waals surface area contributed by atoms with Gasteiger partial charge in [0.2, 0.25) is 0 Å². The summed E-state index contributed by atoms with van der Waals surface area (Å²) in [6, 6.07) is 1.91. The zero-order valence-corrected chi connectivity index (χ0v) is 14.6. The Morgan fingerprint density at radius 1 is 1.07 bits per heavy atom. The van der Waals surface area contributed by atoms with Crippen LogP contribution in [0.2, 0.25) is 0 Å². The van der Waals surface area contributed by atoms with Crippen molar-refractivity contribution in [1.82, 2.24) is 0 Å². The molecule has 0 heterocycles. The predicted octanol–water partition coefficient (Wildman–Crippen LogP) is 4.03. The van der Waals surface area contributed by atoms with Crippen LogP contribution in [0.15, 0.2) is 36.4 Å². The van der Waals surface area contributed by atoms with Gasteiger partial charge in [-0.25, -0.2) is 9.69 Å². The average molecular weight is 411 g/mol. The van der Waals surface area contributed by atoms with E-state index in [0.717, 1.165) is 0 Å². The fourth-order valence-corrected chi connectivity index (χ4v) is 1.95. The van der Waals surface area contributed by atoms with Gasteiger partial charge in [-0.15, -0.1) is 0 Å². The summed E-state index contributed by atoms with van der Waals surface area (Å²) in [7, 11) is 0. The lowest BCUT2D eigenvalue weighted by atomic mass is 10.1. The van der Waals surface area contributed by atoms with Gasteiger partial charge in [-0.2, -0.15) is 26.3 Å². The van der Waals surface area contributed by atoms with Crippen molar-refractivity contribution in [1.29, 1.82) is 0 Å². The van der Waals surface area contributed by atoms with Crippen LogP contribution in [0.5, 0.6) is 0 Å². The van der Waals surface area contributed by atoms with Crippen LogP contribution in [0.3, 0.4) is 0 Å². The average Bonchev–Trinajstić information content (AvgIpc) is 2.58. The fourth-order valence-electron chi connectivity index (χ4n) is 1.95. The minimum atomic E-state index is -5.50. The van der Waals surface area contributed by atoms with Crippen LogP contribution in [-0.2, 0) is 25.3 Å². The molecular weight excluding hydrogens is 396 g/mol. The van der Waals surface area contributed by atoms with E-state index in [4.69, 9.17) is 4.74 Å². The molecule has 0 bridgehead atoms. The highest BCUT2D eigenvalue weighted by molar-refractivity contribution is 6.18. The van der Waals surface area contributed by atoms with Gasteiger partial charge < -0.3 is 4.74 Å². The minimum Gasteiger partial charge on any atom is -0.449 e. The van der Waals surface area contributed by atoms with E-state index in [1.807, 2.05) is 0 Å². The maximum absolute atomic E-state index is 12.9. The number of carbonyl (C=O) groups excluding carboxylic acids is 3. The van der Waals surface area contributed by atoms with Gasteiger partial charge >= 0.3 is 24.2 Å². The summed E-state index contributed by atoms with van der Waals surface area (Å²) >= 11 is 0. The molecule has 1 aromatic rings. The second-order valence-electron chi connectivity index (χ2n) is 5.60. The number of ether oxygens (including phenoxy) is 1. The number of esters is 1. The largest absolute Gasteiger partial charge is 0.472 e. The molecule has 1 rings (SSSR count). The molecule has 2 amide bonds. The second-order valence-corrected chi connectivity index (χ2v) is 5.60. The molecule has 0 fully saturated rings. The topological polar surface area (TPSA) is 63.7 Å². The van der Waals surface area contributed by atoms with Crippen molar-refractivity contribution >= 4 is 23.5 Å². The number of amides is 2. The summed E-state index contributed by atoms with van der Waals surface area (Å²) in [6.45, 7) is 5.79. The normalized spacial score (nSPS) is 12.9. The molecule has 0 spiro atoms. The molecule has 1 atom stereocenters. The molecule has 0 saturated heterocycles. The molecule has 11 heteroatoms. The Balaban J connectivity index is 3.36. The van der Waals surface area contributed by atoms with Crippen LogP contribution in [0.1, 0.15) is 25.8 Å². The number of benzene rings is 1. The Bertz CT molecular complexity index is 767. The van der Waals surface area contributed by atoms with Gasteiger partial charge in [0.15, 0.2) is 6.10 Å². The van der Waals surface area contributed by atoms with Crippen LogP contribution in [0, 0.1) is 0 Å². The number of anilines is 1. The van der Waals surface area contributed by atoms with E-state index in [-0.39, 0.29) is 16.9 Å². The maximum atomic E-state index is 12.9. The summed E-state index contributed by atoms with van der Waals surface area (Å²) in [6.07, 6.45) is -12.3. The molecule has 154 valence electrons. The van der Waals surface area contributed by atoms with E-state index in [1.54, 1.807) is 0 Å². The van der Waals surface area contributed by atoms with Crippen molar-refractivity contribution in [2.24, 2.45) is 0 Å². The Morgan fingerprint density at radius 3 is 1.93 bits per heavy atom. The van der Waals surface area contributed by atoms with Crippen LogP contribution >= 0.6 is 0 Å². The van der Waals surface area contributed by atoms with Crippen LogP contribution in [-0.4, -0.2) is 30.1 Å². The van der Waals surface area contributed by atoms with E-state index in [0.29, 0.717) is 24.3 Å². The highest BCUT2D eigenvalue weighted by Gasteiger charge is 2.47. The zero-order chi connectivity index (χ0) is 21.9. The van der Waals surface area contributed by atoms with Crippen molar-refractivity contribution in [3.05, 3.63) is 42.0 Å². The molecule has 0 radical (unpaired) electrons. The first-order valence-electron chi connectivity index (χ1n) is 7.69. The number of halogens is 6. The summed E-state index contributed by atoms with van der Waals surface area (Å²) in [5, 5.41) is 0. The van der Waals surface area contributed by atoms with E-state index in [9.17, 15) is 40.7 Å². The van der Waals surface area contributed by atoms with Gasteiger partial charge in [-0.1, -0.05) is 13.5 Å². The molecule has 1 unspecified atom stereocenters. The number of alkyl halides is 6. The molecule has 0 aliphatic rings. The van der Waals surface area contributed by atoms with Crippen molar-refractivity contribution in [2.45, 2.75) is 38.7 Å². The van der Waals surface area contributed by atoms with Crippen LogP contribution < -0.4 is 4.90 Å². The molecule has 1 aromatic carbocycles. The van der Waals surface area contributed by atoms with E-state index >= 15 is 0 Å². The van der Waals surface area contributed by atoms with Gasteiger partial charge in [0.1, 0.15) is 0 Å². The summed E-state index contributed by atoms with van der Waals surface area (Å²) < 4.78 is 81.4. The van der Waals surface area contributed by atoms with Crippen molar-refractivity contribution < 1.29 is 45.5 Å². The number of hydrogen-bond donors (Lipinski definition) is 0. The Kier molecular flexibility index (Phi) is 6.99. The lowest BCUT2D eigenvalue weighted by Crippen LogP contribution is -2.50. The third-order valence-corrected chi connectivity index (χ3v) is 3.36. The Morgan fingerprint density at radius 2 is 1.57 bits per heavy atom. The number of nitrogens with zero attached hydrogens (tertiary/aromatic N) is 1. The Labute approximate surface area is 155 Å². The van der Waals surface area contributed by atoms with Gasteiger partial charge in [0.25, 0.3) is 5.91 Å². The molecule has 5 nitrogen and oxygen atoms in total. The van der Waals surface area contributed by atoms with Crippen molar-refractivity contribution in [3.8, 4) is 0 Å². The summed E-state index contributed by atoms with van der Waals surface area (Å²) in [4.78, 5) is 35.4. The monoisotopic (exact) mass is 411 g/mol. The number of imide groups is 1. The zero-order valence-electron chi connectivity index (χ0n) is 14.6.